The molecule has 10 aromatic carbocycles. The summed E-state index contributed by atoms with van der Waals surface area (Å²) < 4.78 is 7.21. The molecule has 0 aliphatic heterocycles. The Morgan fingerprint density at radius 1 is 0.357 bits per heavy atom. The lowest BCUT2D eigenvalue weighted by atomic mass is 10.00. The third-order valence-corrected chi connectivity index (χ3v) is 20.3. The van der Waals surface area contributed by atoms with Gasteiger partial charge in [0, 0.05) is 59.2 Å². The van der Waals surface area contributed by atoms with E-state index in [2.05, 4.69) is 258 Å². The predicted octanol–water partition coefficient (Wildman–Crippen LogP) is 13.8. The van der Waals surface area contributed by atoms with Gasteiger partial charge in [-0.15, -0.1) is 11.3 Å². The van der Waals surface area contributed by atoms with E-state index < -0.39 is 8.07 Å². The van der Waals surface area contributed by atoms with E-state index in [-0.39, 0.29) is 0 Å². The van der Waals surface area contributed by atoms with Crippen LogP contribution >= 0.6 is 11.3 Å². The summed E-state index contributed by atoms with van der Waals surface area (Å²) in [6, 6.07) is 91.1. The Labute approximate surface area is 409 Å². The number of thiophene rings is 1. The molecule has 14 aromatic rings. The van der Waals surface area contributed by atoms with Gasteiger partial charge in [0.25, 0.3) is 0 Å². The van der Waals surface area contributed by atoms with Crippen molar-refractivity contribution in [1.29, 1.82) is 0 Å². The van der Waals surface area contributed by atoms with Gasteiger partial charge in [0.15, 0.2) is 8.07 Å². The molecule has 0 radical (unpaired) electrons. The zero-order chi connectivity index (χ0) is 46.2. The van der Waals surface area contributed by atoms with E-state index >= 15 is 0 Å². The minimum Gasteiger partial charge on any atom is -0.309 e. The molecule has 6 heteroatoms. The molecule has 0 aliphatic carbocycles. The normalized spacial score (nSPS) is 12.0. The van der Waals surface area contributed by atoms with Crippen molar-refractivity contribution in [2.75, 3.05) is 0 Å². The van der Waals surface area contributed by atoms with Crippen molar-refractivity contribution in [3.05, 3.63) is 255 Å². The van der Waals surface area contributed by atoms with Crippen LogP contribution in [0.3, 0.4) is 0 Å². The molecular weight excluding hydrogens is 885 g/mol. The van der Waals surface area contributed by atoms with E-state index in [1.165, 1.54) is 79.1 Å². The topological polar surface area (TPSA) is 35.6 Å². The number of benzene rings is 10. The molecule has 4 aromatic heterocycles. The lowest BCUT2D eigenvalue weighted by Crippen LogP contribution is -2.74. The molecule has 0 amide bonds. The van der Waals surface area contributed by atoms with Crippen LogP contribution in [0.2, 0.25) is 0 Å². The number of nitrogens with zero attached hydrogens (tertiary/aromatic N) is 4. The molecule has 0 N–H and O–H groups in total. The maximum Gasteiger partial charge on any atom is 0.235 e. The van der Waals surface area contributed by atoms with Crippen LogP contribution in [0.25, 0.3) is 97.8 Å². The molecule has 4 nitrogen and oxygen atoms in total. The highest BCUT2D eigenvalue weighted by Gasteiger charge is 2.41. The van der Waals surface area contributed by atoms with Crippen molar-refractivity contribution < 1.29 is 0 Å². The molecule has 4 heterocycles. The second-order valence-electron chi connectivity index (χ2n) is 18.1. The standard InChI is InChI=1S/C64H42N4SSi/c1-5-19-46(20-6-1)67-57-30-15-13-28-51(57)54-41-43(32-35-58(54)67)44-33-36-59-55(42-44)62-60(37-34-53-52-29-14-16-31-61(52)69-63(53)62)68(59)64-65-39-38-56(66-64)45-18-17-27-50(40-45)70(47-21-7-2-8-22-47,48-23-9-3-10-24-48)49-25-11-4-12-26-49/h1-42H. The fraction of sp³-hybridized carbons (Fsp3) is 0. The van der Waals surface area contributed by atoms with Crippen LogP contribution in [-0.2, 0) is 0 Å². The first kappa shape index (κ1) is 40.4. The summed E-state index contributed by atoms with van der Waals surface area (Å²) in [5.41, 5.74) is 9.97. The van der Waals surface area contributed by atoms with Gasteiger partial charge in [0.05, 0.1) is 27.8 Å². The molecule has 0 unspecified atom stereocenters. The minimum absolute atomic E-state index is 0.643. The summed E-state index contributed by atoms with van der Waals surface area (Å²) in [5, 5.41) is 12.7. The molecule has 0 aliphatic rings. The molecule has 70 heavy (non-hydrogen) atoms. The summed E-state index contributed by atoms with van der Waals surface area (Å²) in [7, 11) is -2.77. The van der Waals surface area contributed by atoms with E-state index in [9.17, 15) is 0 Å². The Morgan fingerprint density at radius 3 is 1.61 bits per heavy atom. The highest BCUT2D eigenvalue weighted by atomic mass is 32.1. The van der Waals surface area contributed by atoms with Crippen molar-refractivity contribution in [1.82, 2.24) is 19.1 Å². The van der Waals surface area contributed by atoms with Crippen LogP contribution in [-0.4, -0.2) is 27.2 Å². The van der Waals surface area contributed by atoms with Crippen molar-refractivity contribution >= 4 is 104 Å². The van der Waals surface area contributed by atoms with Crippen molar-refractivity contribution in [3.8, 4) is 34.0 Å². The first-order valence-electron chi connectivity index (χ1n) is 23.8. The van der Waals surface area contributed by atoms with Gasteiger partial charge in [0.1, 0.15) is 0 Å². The van der Waals surface area contributed by atoms with Crippen LogP contribution < -0.4 is 20.7 Å². The Morgan fingerprint density at radius 2 is 0.914 bits per heavy atom. The molecule has 328 valence electrons. The molecule has 0 spiro atoms. The third kappa shape index (κ3) is 6.20. The minimum atomic E-state index is -2.77. The lowest BCUT2D eigenvalue weighted by molar-refractivity contribution is 0.992. The molecule has 0 fully saturated rings. The van der Waals surface area contributed by atoms with E-state index in [1.807, 2.05) is 17.5 Å². The molecule has 0 atom stereocenters. The Balaban J connectivity index is 0.959. The molecule has 0 saturated heterocycles. The fourth-order valence-electron chi connectivity index (χ4n) is 11.3. The highest BCUT2D eigenvalue weighted by molar-refractivity contribution is 7.26. The summed E-state index contributed by atoms with van der Waals surface area (Å²) in [4.78, 5) is 10.6. The number of fused-ring (bicyclic) bond motifs is 10. The summed E-state index contributed by atoms with van der Waals surface area (Å²) in [6.45, 7) is 0. The largest absolute Gasteiger partial charge is 0.309 e. The van der Waals surface area contributed by atoms with Gasteiger partial charge in [-0.1, -0.05) is 188 Å². The highest BCUT2D eigenvalue weighted by Crippen LogP contribution is 2.44. The molecule has 14 rings (SSSR count). The van der Waals surface area contributed by atoms with Crippen LogP contribution in [0.1, 0.15) is 0 Å². The molecular formula is C64H42N4SSi. The Bertz CT molecular complexity index is 4200. The van der Waals surface area contributed by atoms with E-state index in [4.69, 9.17) is 9.97 Å². The van der Waals surface area contributed by atoms with Crippen LogP contribution in [0, 0.1) is 0 Å². The van der Waals surface area contributed by atoms with Crippen molar-refractivity contribution in [3.63, 3.8) is 0 Å². The van der Waals surface area contributed by atoms with E-state index in [1.54, 1.807) is 0 Å². The van der Waals surface area contributed by atoms with Gasteiger partial charge in [-0.05, 0) is 92.5 Å². The second-order valence-corrected chi connectivity index (χ2v) is 23.0. The Kier molecular flexibility index (Phi) is 9.37. The SMILES string of the molecule is c1ccc(-n2c3ccccc3c3cc(-c4ccc5c(c4)c4c6sc7ccccc7c6ccc4n5-c4nccc(-c5cccc([Si](c6ccccc6)(c6ccccc6)c6ccccc6)c5)n4)ccc32)cc1. The van der Waals surface area contributed by atoms with Gasteiger partial charge in [-0.25, -0.2) is 9.97 Å². The first-order chi connectivity index (χ1) is 34.7. The van der Waals surface area contributed by atoms with Crippen molar-refractivity contribution in [2.24, 2.45) is 0 Å². The lowest BCUT2D eigenvalue weighted by Gasteiger charge is -2.34. The summed E-state index contributed by atoms with van der Waals surface area (Å²) in [6.07, 6.45) is 1.92. The smallest absolute Gasteiger partial charge is 0.235 e. The number of rotatable bonds is 8. The van der Waals surface area contributed by atoms with Gasteiger partial charge in [-0.2, -0.15) is 0 Å². The number of hydrogen-bond donors (Lipinski definition) is 0. The van der Waals surface area contributed by atoms with Gasteiger partial charge >= 0.3 is 0 Å². The second kappa shape index (κ2) is 16.2. The maximum atomic E-state index is 5.49. The maximum absolute atomic E-state index is 5.49. The zero-order valence-electron chi connectivity index (χ0n) is 37.9. The third-order valence-electron chi connectivity index (χ3n) is 14.3. The van der Waals surface area contributed by atoms with E-state index in [0.717, 1.165) is 33.5 Å². The average molecular weight is 927 g/mol. The van der Waals surface area contributed by atoms with Crippen LogP contribution in [0.4, 0.5) is 0 Å². The number of para-hydroxylation sites is 2. The monoisotopic (exact) mass is 926 g/mol. The number of hydrogen-bond acceptors (Lipinski definition) is 3. The fourth-order valence-corrected chi connectivity index (χ4v) is 17.3. The summed E-state index contributed by atoms with van der Waals surface area (Å²) in [5.74, 6) is 0.643. The van der Waals surface area contributed by atoms with Crippen molar-refractivity contribution in [2.45, 2.75) is 0 Å². The van der Waals surface area contributed by atoms with Gasteiger partial charge < -0.3 is 4.57 Å². The van der Waals surface area contributed by atoms with Gasteiger partial charge in [-0.3, -0.25) is 4.57 Å². The summed E-state index contributed by atoms with van der Waals surface area (Å²) >= 11 is 1.87. The van der Waals surface area contributed by atoms with Gasteiger partial charge in [0.2, 0.25) is 5.95 Å². The average Bonchev–Trinajstić information content (AvgIpc) is 4.10. The van der Waals surface area contributed by atoms with Crippen LogP contribution in [0.15, 0.2) is 255 Å². The molecule has 0 bridgehead atoms. The Hall–Kier alpha value is -8.68. The predicted molar refractivity (Wildman–Crippen MR) is 298 cm³/mol. The first-order valence-corrected chi connectivity index (χ1v) is 26.6. The number of aromatic nitrogens is 4. The quantitative estimate of drug-likeness (QED) is 0.112. The zero-order valence-corrected chi connectivity index (χ0v) is 39.8. The molecule has 0 saturated carbocycles. The van der Waals surface area contributed by atoms with Crippen LogP contribution in [0.5, 0.6) is 0 Å². The van der Waals surface area contributed by atoms with E-state index in [0.29, 0.717) is 5.95 Å².